The van der Waals surface area contributed by atoms with E-state index >= 15 is 0 Å². The summed E-state index contributed by atoms with van der Waals surface area (Å²) in [6.45, 7) is 5.26. The molecule has 2 aliphatic heterocycles. The van der Waals surface area contributed by atoms with Crippen molar-refractivity contribution in [3.05, 3.63) is 47.5 Å². The van der Waals surface area contributed by atoms with E-state index in [1.165, 1.54) is 0 Å². The summed E-state index contributed by atoms with van der Waals surface area (Å²) in [5.74, 6) is 0.816. The van der Waals surface area contributed by atoms with E-state index < -0.39 is 5.92 Å². The third-order valence-electron chi connectivity index (χ3n) is 4.99. The van der Waals surface area contributed by atoms with Crippen LogP contribution >= 0.6 is 0 Å². The van der Waals surface area contributed by atoms with Gasteiger partial charge in [-0.15, -0.1) is 0 Å². The third kappa shape index (κ3) is 3.47. The molecular weight excluding hydrogens is 346 g/mol. The topological polar surface area (TPSA) is 65.1 Å². The molecule has 2 aliphatic rings. The predicted octanol–water partition coefficient (Wildman–Crippen LogP) is 3.03. The molecule has 27 heavy (non-hydrogen) atoms. The van der Waals surface area contributed by atoms with Crippen LogP contribution in [0.1, 0.15) is 17.5 Å². The number of rotatable bonds is 3. The molecule has 6 heteroatoms. The van der Waals surface area contributed by atoms with Crippen LogP contribution in [0.4, 0.5) is 5.69 Å². The number of esters is 1. The minimum atomic E-state index is -0.493. The van der Waals surface area contributed by atoms with Crippen LogP contribution in [-0.2, 0) is 9.59 Å². The van der Waals surface area contributed by atoms with Gasteiger partial charge in [-0.1, -0.05) is 6.07 Å². The Kier molecular flexibility index (Phi) is 4.48. The second kappa shape index (κ2) is 6.95. The van der Waals surface area contributed by atoms with Crippen molar-refractivity contribution in [2.24, 2.45) is 5.92 Å². The maximum Gasteiger partial charge on any atom is 0.316 e. The maximum atomic E-state index is 12.5. The normalized spacial score (nSPS) is 18.5. The number of amides is 1. The largest absolute Gasteiger partial charge is 0.486 e. The Balaban J connectivity index is 1.47. The fourth-order valence-corrected chi connectivity index (χ4v) is 3.29. The highest BCUT2D eigenvalue weighted by atomic mass is 16.6. The van der Waals surface area contributed by atoms with Gasteiger partial charge in [-0.05, 0) is 49.2 Å². The van der Waals surface area contributed by atoms with Crippen molar-refractivity contribution in [3.63, 3.8) is 0 Å². The number of benzene rings is 2. The zero-order valence-corrected chi connectivity index (χ0v) is 15.4. The second-order valence-electron chi connectivity index (χ2n) is 6.90. The Labute approximate surface area is 157 Å². The van der Waals surface area contributed by atoms with Gasteiger partial charge in [0.15, 0.2) is 11.5 Å². The summed E-state index contributed by atoms with van der Waals surface area (Å²) in [6, 6.07) is 10.9. The minimum Gasteiger partial charge on any atom is -0.486 e. The van der Waals surface area contributed by atoms with Gasteiger partial charge < -0.3 is 19.1 Å². The highest BCUT2D eigenvalue weighted by Gasteiger charge is 2.36. The first-order chi connectivity index (χ1) is 13.0. The minimum absolute atomic E-state index is 0.103. The van der Waals surface area contributed by atoms with Crippen LogP contribution in [0.5, 0.6) is 17.2 Å². The molecule has 0 aliphatic carbocycles. The molecule has 0 aromatic heterocycles. The molecule has 1 saturated heterocycles. The van der Waals surface area contributed by atoms with Gasteiger partial charge in [0, 0.05) is 24.7 Å². The van der Waals surface area contributed by atoms with Gasteiger partial charge in [0.25, 0.3) is 0 Å². The number of ether oxygens (including phenoxy) is 3. The lowest BCUT2D eigenvalue weighted by atomic mass is 10.1. The number of anilines is 1. The summed E-state index contributed by atoms with van der Waals surface area (Å²) in [6.07, 6.45) is 0.137. The summed E-state index contributed by atoms with van der Waals surface area (Å²) >= 11 is 0. The van der Waals surface area contributed by atoms with Crippen molar-refractivity contribution >= 4 is 17.6 Å². The Morgan fingerprint density at radius 1 is 1.04 bits per heavy atom. The van der Waals surface area contributed by atoms with E-state index in [1.807, 2.05) is 32.0 Å². The molecule has 1 atom stereocenters. The molecule has 4 rings (SSSR count). The first-order valence-corrected chi connectivity index (χ1v) is 9.00. The SMILES string of the molecule is Cc1ccc(OC(=O)[C@H]2CC(=O)N(c3ccc4c(c3)OCCO4)C2)cc1C. The van der Waals surface area contributed by atoms with Crippen LogP contribution in [-0.4, -0.2) is 31.6 Å². The number of fused-ring (bicyclic) bond motifs is 1. The molecular formula is C21H21NO5. The molecule has 6 nitrogen and oxygen atoms in total. The fraction of sp³-hybridized carbons (Fsp3) is 0.333. The number of aryl methyl sites for hydroxylation is 2. The summed E-state index contributed by atoms with van der Waals surface area (Å²) < 4.78 is 16.6. The molecule has 0 saturated carbocycles. The average Bonchev–Trinajstić information content (AvgIpc) is 3.06. The average molecular weight is 367 g/mol. The van der Waals surface area contributed by atoms with Crippen molar-refractivity contribution in [1.29, 1.82) is 0 Å². The lowest BCUT2D eigenvalue weighted by Gasteiger charge is -2.22. The standard InChI is InChI=1S/C21H21NO5/c1-13-3-5-17(9-14(13)2)27-21(24)15-10-20(23)22(12-15)16-4-6-18-19(11-16)26-8-7-25-18/h3-6,9,11,15H,7-8,10,12H2,1-2H3/t15-/m0/s1. The van der Waals surface area contributed by atoms with E-state index in [-0.39, 0.29) is 18.3 Å². The highest BCUT2D eigenvalue weighted by Crippen LogP contribution is 2.36. The number of hydrogen-bond donors (Lipinski definition) is 0. The van der Waals surface area contributed by atoms with E-state index in [2.05, 4.69) is 0 Å². The van der Waals surface area contributed by atoms with Gasteiger partial charge in [-0.3, -0.25) is 9.59 Å². The number of hydrogen-bond acceptors (Lipinski definition) is 5. The number of carbonyl (C=O) groups excluding carboxylic acids is 2. The van der Waals surface area contributed by atoms with Crippen LogP contribution in [0, 0.1) is 19.8 Å². The van der Waals surface area contributed by atoms with E-state index in [4.69, 9.17) is 14.2 Å². The summed E-state index contributed by atoms with van der Waals surface area (Å²) in [7, 11) is 0. The molecule has 1 fully saturated rings. The van der Waals surface area contributed by atoms with E-state index in [0.29, 0.717) is 42.7 Å². The smallest absolute Gasteiger partial charge is 0.316 e. The first-order valence-electron chi connectivity index (χ1n) is 9.00. The molecule has 140 valence electrons. The first kappa shape index (κ1) is 17.4. The highest BCUT2D eigenvalue weighted by molar-refractivity contribution is 6.00. The zero-order valence-electron chi connectivity index (χ0n) is 15.4. The van der Waals surface area contributed by atoms with Gasteiger partial charge in [0.2, 0.25) is 5.91 Å². The predicted molar refractivity (Wildman–Crippen MR) is 99.4 cm³/mol. The molecule has 0 radical (unpaired) electrons. The Hall–Kier alpha value is -3.02. The van der Waals surface area contributed by atoms with Gasteiger partial charge in [0.05, 0.1) is 5.92 Å². The van der Waals surface area contributed by atoms with Gasteiger partial charge in [0.1, 0.15) is 19.0 Å². The summed E-state index contributed by atoms with van der Waals surface area (Å²) in [5.41, 5.74) is 2.89. The Bertz CT molecular complexity index is 907. The summed E-state index contributed by atoms with van der Waals surface area (Å²) in [5, 5.41) is 0. The van der Waals surface area contributed by atoms with Crippen LogP contribution < -0.4 is 19.1 Å². The van der Waals surface area contributed by atoms with Crippen LogP contribution in [0.25, 0.3) is 0 Å². The van der Waals surface area contributed by atoms with Crippen molar-refractivity contribution in [3.8, 4) is 17.2 Å². The van der Waals surface area contributed by atoms with Crippen LogP contribution in [0.15, 0.2) is 36.4 Å². The van der Waals surface area contributed by atoms with Crippen molar-refractivity contribution < 1.29 is 23.8 Å². The van der Waals surface area contributed by atoms with Gasteiger partial charge >= 0.3 is 5.97 Å². The van der Waals surface area contributed by atoms with E-state index in [9.17, 15) is 9.59 Å². The molecule has 0 unspecified atom stereocenters. The molecule has 0 bridgehead atoms. The Morgan fingerprint density at radius 3 is 2.59 bits per heavy atom. The number of carbonyl (C=O) groups is 2. The van der Waals surface area contributed by atoms with Crippen molar-refractivity contribution in [1.82, 2.24) is 0 Å². The Morgan fingerprint density at radius 2 is 1.81 bits per heavy atom. The fourth-order valence-electron chi connectivity index (χ4n) is 3.29. The van der Waals surface area contributed by atoms with Crippen LogP contribution in [0.3, 0.4) is 0 Å². The second-order valence-corrected chi connectivity index (χ2v) is 6.90. The molecule has 2 heterocycles. The van der Waals surface area contributed by atoms with Crippen LogP contribution in [0.2, 0.25) is 0 Å². The molecule has 1 amide bonds. The van der Waals surface area contributed by atoms with E-state index in [0.717, 1.165) is 11.1 Å². The molecule has 2 aromatic rings. The zero-order chi connectivity index (χ0) is 19.0. The molecule has 0 spiro atoms. The molecule has 2 aromatic carbocycles. The molecule has 0 N–H and O–H groups in total. The monoisotopic (exact) mass is 367 g/mol. The quantitative estimate of drug-likeness (QED) is 0.616. The van der Waals surface area contributed by atoms with Gasteiger partial charge in [-0.25, -0.2) is 0 Å². The van der Waals surface area contributed by atoms with Crippen molar-refractivity contribution in [2.45, 2.75) is 20.3 Å². The maximum absolute atomic E-state index is 12.5. The lowest BCUT2D eigenvalue weighted by Crippen LogP contribution is -2.27. The number of nitrogens with zero attached hydrogens (tertiary/aromatic N) is 1. The summed E-state index contributed by atoms with van der Waals surface area (Å²) in [4.78, 5) is 26.6. The van der Waals surface area contributed by atoms with Crippen molar-refractivity contribution in [2.75, 3.05) is 24.7 Å². The lowest BCUT2D eigenvalue weighted by molar-refractivity contribution is -0.139. The van der Waals surface area contributed by atoms with E-state index in [1.54, 1.807) is 23.1 Å². The van der Waals surface area contributed by atoms with Gasteiger partial charge in [-0.2, -0.15) is 0 Å². The third-order valence-corrected chi connectivity index (χ3v) is 4.99.